The van der Waals surface area contributed by atoms with E-state index in [-0.39, 0.29) is 18.1 Å². The highest BCUT2D eigenvalue weighted by atomic mass is 16.7. The Kier molecular flexibility index (Phi) is 3.31. The molecule has 0 aliphatic carbocycles. The molecule has 0 bridgehead atoms. The fraction of sp³-hybridized carbons (Fsp3) is 0.500. The Labute approximate surface area is 102 Å². The maximum atomic E-state index is 11.2. The summed E-state index contributed by atoms with van der Waals surface area (Å²) in [6, 6.07) is 9.82. The normalized spacial score (nSPS) is 32.1. The molecule has 0 spiro atoms. The summed E-state index contributed by atoms with van der Waals surface area (Å²) in [5.74, 6) is -0.912. The molecule has 3 heteroatoms. The van der Waals surface area contributed by atoms with Gasteiger partial charge in [0, 0.05) is 0 Å². The van der Waals surface area contributed by atoms with Gasteiger partial charge in [-0.25, -0.2) is 0 Å². The molecule has 1 saturated heterocycles. The minimum absolute atomic E-state index is 0.138. The Morgan fingerprint density at radius 3 is 2.41 bits per heavy atom. The molecule has 0 radical (unpaired) electrons. The molecule has 1 aliphatic rings. The van der Waals surface area contributed by atoms with Crippen LogP contribution in [0.5, 0.6) is 0 Å². The van der Waals surface area contributed by atoms with Crippen LogP contribution in [0.2, 0.25) is 0 Å². The van der Waals surface area contributed by atoms with Crippen LogP contribution in [-0.2, 0) is 14.3 Å². The van der Waals surface area contributed by atoms with Crippen LogP contribution in [0.3, 0.4) is 0 Å². The van der Waals surface area contributed by atoms with Gasteiger partial charge in [0.2, 0.25) is 0 Å². The van der Waals surface area contributed by atoms with Crippen molar-refractivity contribution in [3.8, 4) is 0 Å². The van der Waals surface area contributed by atoms with Crippen LogP contribution in [0.4, 0.5) is 0 Å². The van der Waals surface area contributed by atoms with Crippen molar-refractivity contribution in [2.75, 3.05) is 0 Å². The van der Waals surface area contributed by atoms with Gasteiger partial charge in [0.1, 0.15) is 6.29 Å². The van der Waals surface area contributed by atoms with Gasteiger partial charge < -0.3 is 14.3 Å². The Hall–Kier alpha value is -1.19. The number of hydrogen-bond acceptors (Lipinski definition) is 3. The first-order valence-electron chi connectivity index (χ1n) is 5.89. The average Bonchev–Trinajstić information content (AvgIpc) is 2.28. The zero-order valence-electron chi connectivity index (χ0n) is 10.4. The van der Waals surface area contributed by atoms with Gasteiger partial charge in [0.25, 0.3) is 0 Å². The summed E-state index contributed by atoms with van der Waals surface area (Å²) in [5, 5.41) is 0. The first-order chi connectivity index (χ1) is 8.03. The average molecular weight is 234 g/mol. The lowest BCUT2D eigenvalue weighted by Gasteiger charge is -2.43. The van der Waals surface area contributed by atoms with Crippen LogP contribution in [-0.4, -0.2) is 18.2 Å². The topological polar surface area (TPSA) is 35.5 Å². The van der Waals surface area contributed by atoms with Crippen LogP contribution >= 0.6 is 0 Å². The smallest absolute Gasteiger partial charge is 0.163 e. The molecule has 0 saturated carbocycles. The molecule has 1 fully saturated rings. The zero-order chi connectivity index (χ0) is 12.5. The van der Waals surface area contributed by atoms with E-state index in [0.717, 1.165) is 11.8 Å². The van der Waals surface area contributed by atoms with Gasteiger partial charge in [-0.2, -0.15) is 0 Å². The summed E-state index contributed by atoms with van der Waals surface area (Å²) in [7, 11) is 0. The van der Waals surface area contributed by atoms with E-state index < -0.39 is 5.79 Å². The van der Waals surface area contributed by atoms with E-state index in [4.69, 9.17) is 9.47 Å². The van der Waals surface area contributed by atoms with Gasteiger partial charge in [0.15, 0.2) is 5.79 Å². The molecule has 1 aromatic rings. The van der Waals surface area contributed by atoms with Crippen molar-refractivity contribution in [2.24, 2.45) is 5.92 Å². The third-order valence-corrected chi connectivity index (χ3v) is 3.06. The lowest BCUT2D eigenvalue weighted by molar-refractivity contribution is -0.313. The van der Waals surface area contributed by atoms with Crippen molar-refractivity contribution >= 4 is 6.29 Å². The highest BCUT2D eigenvalue weighted by molar-refractivity contribution is 5.56. The van der Waals surface area contributed by atoms with Crippen molar-refractivity contribution in [2.45, 2.75) is 38.8 Å². The SMILES string of the molecule is C[C@@H]1OC(C)(C)O[C@@H](c2ccccc2)[C@H]1C=O. The molecule has 0 unspecified atom stereocenters. The maximum Gasteiger partial charge on any atom is 0.163 e. The second kappa shape index (κ2) is 4.59. The quantitative estimate of drug-likeness (QED) is 0.738. The van der Waals surface area contributed by atoms with E-state index in [0.29, 0.717) is 0 Å². The molecule has 3 nitrogen and oxygen atoms in total. The molecule has 1 heterocycles. The minimum atomic E-state index is -0.653. The molecule has 92 valence electrons. The first-order valence-corrected chi connectivity index (χ1v) is 5.89. The predicted octanol–water partition coefficient (Wildman–Crippen LogP) is 2.71. The number of hydrogen-bond donors (Lipinski definition) is 0. The van der Waals surface area contributed by atoms with Crippen LogP contribution < -0.4 is 0 Å². The number of carbonyl (C=O) groups excluding carboxylic acids is 1. The second-order valence-corrected chi connectivity index (χ2v) is 4.89. The summed E-state index contributed by atoms with van der Waals surface area (Å²) in [4.78, 5) is 11.2. The summed E-state index contributed by atoms with van der Waals surface area (Å²) in [5.41, 5.74) is 1.02. The molecular formula is C14H18O3. The van der Waals surface area contributed by atoms with Crippen molar-refractivity contribution in [1.29, 1.82) is 0 Å². The largest absolute Gasteiger partial charge is 0.347 e. The monoisotopic (exact) mass is 234 g/mol. The van der Waals surface area contributed by atoms with Crippen molar-refractivity contribution in [1.82, 2.24) is 0 Å². The van der Waals surface area contributed by atoms with Gasteiger partial charge in [-0.1, -0.05) is 30.3 Å². The predicted molar refractivity (Wildman–Crippen MR) is 64.4 cm³/mol. The van der Waals surface area contributed by atoms with Gasteiger partial charge in [0.05, 0.1) is 18.1 Å². The van der Waals surface area contributed by atoms with E-state index in [1.165, 1.54) is 0 Å². The summed E-state index contributed by atoms with van der Waals surface area (Å²) in [6.45, 7) is 5.67. The molecule has 0 N–H and O–H groups in total. The fourth-order valence-electron chi connectivity index (χ4n) is 2.30. The highest BCUT2D eigenvalue weighted by Crippen LogP contribution is 2.39. The van der Waals surface area contributed by atoms with Crippen molar-refractivity contribution in [3.05, 3.63) is 35.9 Å². The Balaban J connectivity index is 2.32. The van der Waals surface area contributed by atoms with Crippen LogP contribution in [0.15, 0.2) is 30.3 Å². The first kappa shape index (κ1) is 12.3. The standard InChI is InChI=1S/C14H18O3/c1-10-12(9-15)13(17-14(2,3)16-10)11-7-5-4-6-8-11/h4-10,12-13H,1-3H3/t10-,12-,13-/m0/s1. The second-order valence-electron chi connectivity index (χ2n) is 4.89. The van der Waals surface area contributed by atoms with Gasteiger partial charge in [-0.3, -0.25) is 0 Å². The third-order valence-electron chi connectivity index (χ3n) is 3.06. The number of aldehydes is 1. The van der Waals surface area contributed by atoms with Crippen molar-refractivity contribution in [3.63, 3.8) is 0 Å². The van der Waals surface area contributed by atoms with E-state index in [9.17, 15) is 4.79 Å². The highest BCUT2D eigenvalue weighted by Gasteiger charge is 2.41. The lowest BCUT2D eigenvalue weighted by Crippen LogP contribution is -2.46. The Bertz CT molecular complexity index is 386. The van der Waals surface area contributed by atoms with Gasteiger partial charge in [-0.05, 0) is 26.3 Å². The summed E-state index contributed by atoms with van der Waals surface area (Å²) < 4.78 is 11.6. The summed E-state index contributed by atoms with van der Waals surface area (Å²) >= 11 is 0. The Morgan fingerprint density at radius 1 is 1.18 bits per heavy atom. The van der Waals surface area contributed by atoms with E-state index >= 15 is 0 Å². The van der Waals surface area contributed by atoms with Crippen LogP contribution in [0.25, 0.3) is 0 Å². The zero-order valence-corrected chi connectivity index (χ0v) is 10.4. The lowest BCUT2D eigenvalue weighted by atomic mass is 9.91. The number of carbonyl (C=O) groups is 1. The van der Waals surface area contributed by atoms with E-state index in [1.54, 1.807) is 0 Å². The maximum absolute atomic E-state index is 11.2. The number of benzene rings is 1. The van der Waals surface area contributed by atoms with Crippen LogP contribution in [0.1, 0.15) is 32.4 Å². The van der Waals surface area contributed by atoms with E-state index in [2.05, 4.69) is 0 Å². The Morgan fingerprint density at radius 2 is 1.82 bits per heavy atom. The third kappa shape index (κ3) is 2.56. The van der Waals surface area contributed by atoms with Gasteiger partial charge >= 0.3 is 0 Å². The molecule has 2 rings (SSSR count). The van der Waals surface area contributed by atoms with E-state index in [1.807, 2.05) is 51.1 Å². The molecule has 0 aromatic heterocycles. The fourth-order valence-corrected chi connectivity index (χ4v) is 2.30. The summed E-state index contributed by atoms with van der Waals surface area (Å²) in [6.07, 6.45) is 0.561. The molecule has 1 aromatic carbocycles. The number of rotatable bonds is 2. The van der Waals surface area contributed by atoms with Crippen molar-refractivity contribution < 1.29 is 14.3 Å². The molecular weight excluding hydrogens is 216 g/mol. The molecule has 0 amide bonds. The van der Waals surface area contributed by atoms with Gasteiger partial charge in [-0.15, -0.1) is 0 Å². The molecule has 1 aliphatic heterocycles. The molecule has 17 heavy (non-hydrogen) atoms. The number of ether oxygens (including phenoxy) is 2. The minimum Gasteiger partial charge on any atom is -0.347 e. The van der Waals surface area contributed by atoms with Crippen LogP contribution in [0, 0.1) is 5.92 Å². The molecule has 3 atom stereocenters.